The van der Waals surface area contributed by atoms with E-state index >= 15 is 0 Å². The van der Waals surface area contributed by atoms with Gasteiger partial charge in [0.15, 0.2) is 11.6 Å². The van der Waals surface area contributed by atoms with Crippen LogP contribution in [0.5, 0.6) is 11.5 Å². The third-order valence-electron chi connectivity index (χ3n) is 3.21. The summed E-state index contributed by atoms with van der Waals surface area (Å²) in [5.74, 6) is 0.232. The van der Waals surface area contributed by atoms with Crippen LogP contribution in [0.25, 0.3) is 0 Å². The Morgan fingerprint density at radius 3 is 2.62 bits per heavy atom. The first-order chi connectivity index (χ1) is 10.1. The van der Waals surface area contributed by atoms with E-state index in [1.165, 1.54) is 6.07 Å². The number of hydrogen-bond acceptors (Lipinski definition) is 2. The van der Waals surface area contributed by atoms with E-state index < -0.39 is 5.82 Å². The summed E-state index contributed by atoms with van der Waals surface area (Å²) in [7, 11) is 0. The van der Waals surface area contributed by atoms with Crippen molar-refractivity contribution in [3.05, 3.63) is 58.9 Å². The van der Waals surface area contributed by atoms with Crippen molar-refractivity contribution >= 4 is 11.6 Å². The first-order valence-corrected chi connectivity index (χ1v) is 7.44. The molecule has 0 saturated heterocycles. The molecule has 112 valence electrons. The molecule has 2 nitrogen and oxygen atoms in total. The second kappa shape index (κ2) is 7.43. The van der Waals surface area contributed by atoms with Gasteiger partial charge in [-0.2, -0.15) is 0 Å². The number of para-hydroxylation sites is 1. The van der Waals surface area contributed by atoms with Gasteiger partial charge >= 0.3 is 0 Å². The minimum Gasteiger partial charge on any atom is -0.453 e. The van der Waals surface area contributed by atoms with Crippen LogP contribution < -0.4 is 10.1 Å². The zero-order chi connectivity index (χ0) is 15.2. The van der Waals surface area contributed by atoms with Gasteiger partial charge in [0.1, 0.15) is 5.75 Å². The van der Waals surface area contributed by atoms with Gasteiger partial charge in [0.05, 0.1) is 5.02 Å². The van der Waals surface area contributed by atoms with Crippen molar-refractivity contribution in [2.75, 3.05) is 6.54 Å². The Morgan fingerprint density at radius 2 is 1.95 bits per heavy atom. The van der Waals surface area contributed by atoms with E-state index in [4.69, 9.17) is 16.3 Å². The molecule has 0 aromatic heterocycles. The van der Waals surface area contributed by atoms with E-state index in [0.717, 1.165) is 18.5 Å². The lowest BCUT2D eigenvalue weighted by atomic mass is 10.1. The Kier molecular flexibility index (Phi) is 5.59. The highest BCUT2D eigenvalue weighted by Gasteiger charge is 2.11. The molecule has 0 aliphatic heterocycles. The highest BCUT2D eigenvalue weighted by atomic mass is 35.5. The third-order valence-corrected chi connectivity index (χ3v) is 3.53. The average molecular weight is 308 g/mol. The summed E-state index contributed by atoms with van der Waals surface area (Å²) < 4.78 is 19.7. The largest absolute Gasteiger partial charge is 0.453 e. The summed E-state index contributed by atoms with van der Waals surface area (Å²) in [5.41, 5.74) is 0.896. The summed E-state index contributed by atoms with van der Waals surface area (Å²) in [4.78, 5) is 0. The average Bonchev–Trinajstić information content (AvgIpc) is 2.49. The van der Waals surface area contributed by atoms with Crippen molar-refractivity contribution in [3.8, 4) is 11.5 Å². The molecule has 0 aliphatic carbocycles. The maximum atomic E-state index is 14.2. The van der Waals surface area contributed by atoms with Gasteiger partial charge in [-0.05, 0) is 49.7 Å². The highest BCUT2D eigenvalue weighted by Crippen LogP contribution is 2.31. The molecule has 2 aromatic rings. The second-order valence-electron chi connectivity index (χ2n) is 4.90. The van der Waals surface area contributed by atoms with Crippen LogP contribution in [0.15, 0.2) is 42.5 Å². The van der Waals surface area contributed by atoms with Gasteiger partial charge in [-0.15, -0.1) is 0 Å². The van der Waals surface area contributed by atoms with Crippen LogP contribution >= 0.6 is 11.6 Å². The van der Waals surface area contributed by atoms with Crippen molar-refractivity contribution in [2.45, 2.75) is 26.3 Å². The minimum absolute atomic E-state index is 0.105. The molecule has 21 heavy (non-hydrogen) atoms. The normalized spacial score (nSPS) is 12.2. The maximum Gasteiger partial charge on any atom is 0.166 e. The fourth-order valence-corrected chi connectivity index (χ4v) is 2.17. The van der Waals surface area contributed by atoms with Gasteiger partial charge < -0.3 is 10.1 Å². The summed E-state index contributed by atoms with van der Waals surface area (Å²) in [5, 5.41) is 3.78. The molecular weight excluding hydrogens is 289 g/mol. The number of halogens is 2. The summed E-state index contributed by atoms with van der Waals surface area (Å²) in [6.45, 7) is 5.01. The fraction of sp³-hybridized carbons (Fsp3) is 0.294. The molecule has 1 unspecified atom stereocenters. The molecule has 0 fully saturated rings. The molecule has 1 atom stereocenters. The molecular formula is C17H19ClFNO. The SMILES string of the molecule is CCCNC(C)c1ccc(Oc2ccccc2Cl)c(F)c1. The van der Waals surface area contributed by atoms with Crippen LogP contribution in [-0.2, 0) is 0 Å². The van der Waals surface area contributed by atoms with Gasteiger partial charge in [-0.1, -0.05) is 36.7 Å². The topological polar surface area (TPSA) is 21.3 Å². The molecule has 1 N–H and O–H groups in total. The standard InChI is InChI=1S/C17H19ClFNO/c1-3-10-20-12(2)13-8-9-17(15(19)11-13)21-16-7-5-4-6-14(16)18/h4-9,11-12,20H,3,10H2,1-2H3. The molecule has 0 bridgehead atoms. The lowest BCUT2D eigenvalue weighted by Crippen LogP contribution is -2.19. The zero-order valence-corrected chi connectivity index (χ0v) is 13.0. The predicted octanol–water partition coefficient (Wildman–Crippen LogP) is 5.33. The van der Waals surface area contributed by atoms with Crippen molar-refractivity contribution < 1.29 is 9.13 Å². The molecule has 2 rings (SSSR count). The van der Waals surface area contributed by atoms with Gasteiger partial charge in [-0.3, -0.25) is 0 Å². The van der Waals surface area contributed by atoms with Crippen LogP contribution in [0.1, 0.15) is 31.9 Å². The van der Waals surface area contributed by atoms with Gasteiger partial charge in [0, 0.05) is 6.04 Å². The fourth-order valence-electron chi connectivity index (χ4n) is 1.99. The van der Waals surface area contributed by atoms with E-state index in [2.05, 4.69) is 12.2 Å². The number of nitrogens with one attached hydrogen (secondary N) is 1. The van der Waals surface area contributed by atoms with E-state index in [0.29, 0.717) is 10.8 Å². The Balaban J connectivity index is 2.14. The quantitative estimate of drug-likeness (QED) is 0.778. The highest BCUT2D eigenvalue weighted by molar-refractivity contribution is 6.32. The maximum absolute atomic E-state index is 14.2. The first kappa shape index (κ1) is 15.8. The molecule has 0 spiro atoms. The van der Waals surface area contributed by atoms with Crippen LogP contribution in [0.3, 0.4) is 0 Å². The number of rotatable bonds is 6. The summed E-state index contributed by atoms with van der Waals surface area (Å²) in [6, 6.07) is 12.1. The molecule has 0 amide bonds. The van der Waals surface area contributed by atoms with E-state index in [1.807, 2.05) is 13.0 Å². The molecule has 0 saturated carbocycles. The van der Waals surface area contributed by atoms with E-state index in [-0.39, 0.29) is 11.8 Å². The molecule has 0 radical (unpaired) electrons. The van der Waals surface area contributed by atoms with Crippen LogP contribution in [-0.4, -0.2) is 6.54 Å². The summed E-state index contributed by atoms with van der Waals surface area (Å²) >= 11 is 6.01. The Labute approximate surface area is 129 Å². The van der Waals surface area contributed by atoms with Crippen LogP contribution in [0.4, 0.5) is 4.39 Å². The van der Waals surface area contributed by atoms with Gasteiger partial charge in [0.25, 0.3) is 0 Å². The van der Waals surface area contributed by atoms with Crippen LogP contribution in [0.2, 0.25) is 5.02 Å². The van der Waals surface area contributed by atoms with Crippen molar-refractivity contribution in [3.63, 3.8) is 0 Å². The van der Waals surface area contributed by atoms with E-state index in [9.17, 15) is 4.39 Å². The number of hydrogen-bond donors (Lipinski definition) is 1. The summed E-state index contributed by atoms with van der Waals surface area (Å²) in [6.07, 6.45) is 1.04. The van der Waals surface area contributed by atoms with Gasteiger partial charge in [0.2, 0.25) is 0 Å². The Hall–Kier alpha value is -1.58. The monoisotopic (exact) mass is 307 g/mol. The number of benzene rings is 2. The predicted molar refractivity (Wildman–Crippen MR) is 84.6 cm³/mol. The minimum atomic E-state index is -0.391. The lowest BCUT2D eigenvalue weighted by molar-refractivity contribution is 0.440. The molecule has 0 heterocycles. The van der Waals surface area contributed by atoms with Crippen molar-refractivity contribution in [1.29, 1.82) is 0 Å². The first-order valence-electron chi connectivity index (χ1n) is 7.07. The molecule has 2 aromatic carbocycles. The van der Waals surface area contributed by atoms with Crippen LogP contribution in [0, 0.1) is 5.82 Å². The second-order valence-corrected chi connectivity index (χ2v) is 5.31. The number of ether oxygens (including phenoxy) is 1. The van der Waals surface area contributed by atoms with Gasteiger partial charge in [-0.25, -0.2) is 4.39 Å². The third kappa shape index (κ3) is 4.19. The molecule has 0 aliphatic rings. The zero-order valence-electron chi connectivity index (χ0n) is 12.2. The lowest BCUT2D eigenvalue weighted by Gasteiger charge is -2.15. The Bertz CT molecular complexity index is 603. The molecule has 4 heteroatoms. The van der Waals surface area contributed by atoms with E-state index in [1.54, 1.807) is 30.3 Å². The Morgan fingerprint density at radius 1 is 1.19 bits per heavy atom. The van der Waals surface area contributed by atoms with Crippen molar-refractivity contribution in [2.24, 2.45) is 0 Å². The smallest absolute Gasteiger partial charge is 0.166 e. The van der Waals surface area contributed by atoms with Crippen molar-refractivity contribution in [1.82, 2.24) is 5.32 Å².